The van der Waals surface area contributed by atoms with Gasteiger partial charge in [0, 0.05) is 6.04 Å². The Morgan fingerprint density at radius 2 is 1.48 bits per heavy atom. The van der Waals surface area contributed by atoms with Crippen LogP contribution >= 0.6 is 0 Å². The van der Waals surface area contributed by atoms with Gasteiger partial charge in [0.05, 0.1) is 0 Å². The molecule has 0 unspecified atom stereocenters. The van der Waals surface area contributed by atoms with E-state index in [0.717, 1.165) is 18.6 Å². The van der Waals surface area contributed by atoms with Gasteiger partial charge in [-0.3, -0.25) is 4.79 Å². The molecule has 1 aliphatic rings. The fraction of sp³-hybridized carbons (Fsp3) is 0.722. The van der Waals surface area contributed by atoms with Gasteiger partial charge in [0.2, 0.25) is 0 Å². The van der Waals surface area contributed by atoms with E-state index in [0.29, 0.717) is 11.8 Å². The van der Waals surface area contributed by atoms with Gasteiger partial charge < -0.3 is 9.73 Å². The Hall–Kier alpha value is -1.25. The van der Waals surface area contributed by atoms with Crippen molar-refractivity contribution in [1.29, 1.82) is 0 Å². The highest BCUT2D eigenvalue weighted by molar-refractivity contribution is 5.91. The molecule has 1 aromatic rings. The molecule has 0 radical (unpaired) electrons. The summed E-state index contributed by atoms with van der Waals surface area (Å²) < 4.78 is 5.41. The molecule has 0 spiro atoms. The first-order valence-electron chi connectivity index (χ1n) is 8.63. The number of rotatable bonds is 2. The lowest BCUT2D eigenvalue weighted by atomic mass is 9.98. The Morgan fingerprint density at radius 3 is 1.95 bits per heavy atom. The van der Waals surface area contributed by atoms with E-state index in [1.54, 1.807) is 6.07 Å². The monoisotopic (exact) mass is 291 g/mol. The highest BCUT2D eigenvalue weighted by atomic mass is 16.3. The van der Waals surface area contributed by atoms with Gasteiger partial charge in [-0.1, -0.05) is 57.8 Å². The number of carbonyl (C=O) groups is 1. The molecule has 1 aliphatic carbocycles. The molecule has 1 heterocycles. The highest BCUT2D eigenvalue weighted by Gasteiger charge is 2.16. The Labute approximate surface area is 128 Å². The largest absolute Gasteiger partial charge is 0.456 e. The topological polar surface area (TPSA) is 42.2 Å². The number of hydrogen-bond acceptors (Lipinski definition) is 2. The number of nitrogens with one attached hydrogen (secondary N) is 1. The molecular formula is C18H29NO2. The van der Waals surface area contributed by atoms with Crippen molar-refractivity contribution in [1.82, 2.24) is 5.32 Å². The maximum absolute atomic E-state index is 12.2. The van der Waals surface area contributed by atoms with Crippen LogP contribution in [0, 0.1) is 6.92 Å². The SMILES string of the molecule is Cc1ccc(C(=O)NC2CCCCCCCCCCC2)o1. The molecule has 0 bridgehead atoms. The molecule has 1 aromatic heterocycles. The minimum absolute atomic E-state index is 0.0554. The van der Waals surface area contributed by atoms with Crippen LogP contribution in [0.2, 0.25) is 0 Å². The maximum atomic E-state index is 12.2. The summed E-state index contributed by atoms with van der Waals surface area (Å²) in [5.41, 5.74) is 0. The minimum Gasteiger partial charge on any atom is -0.456 e. The molecule has 0 saturated heterocycles. The quantitative estimate of drug-likeness (QED) is 0.834. The fourth-order valence-corrected chi connectivity index (χ4v) is 3.12. The fourth-order valence-electron chi connectivity index (χ4n) is 3.12. The van der Waals surface area contributed by atoms with Crippen LogP contribution in [-0.2, 0) is 0 Å². The zero-order valence-corrected chi connectivity index (χ0v) is 13.3. The summed E-state index contributed by atoms with van der Waals surface area (Å²) in [6.45, 7) is 1.87. The Balaban J connectivity index is 1.83. The third kappa shape index (κ3) is 5.94. The van der Waals surface area contributed by atoms with Crippen molar-refractivity contribution < 1.29 is 9.21 Å². The average Bonchev–Trinajstić information content (AvgIpc) is 2.88. The highest BCUT2D eigenvalue weighted by Crippen LogP contribution is 2.17. The Kier molecular flexibility index (Phi) is 6.84. The predicted molar refractivity (Wildman–Crippen MR) is 85.5 cm³/mol. The number of furan rings is 1. The number of carbonyl (C=O) groups excluding carboxylic acids is 1. The Morgan fingerprint density at radius 1 is 0.952 bits per heavy atom. The second-order valence-electron chi connectivity index (χ2n) is 6.34. The molecule has 21 heavy (non-hydrogen) atoms. The first-order chi connectivity index (χ1) is 10.3. The van der Waals surface area contributed by atoms with Gasteiger partial charge in [0.25, 0.3) is 5.91 Å². The van der Waals surface area contributed by atoms with Crippen molar-refractivity contribution in [3.05, 3.63) is 23.7 Å². The molecule has 1 amide bonds. The van der Waals surface area contributed by atoms with Crippen LogP contribution < -0.4 is 5.32 Å². The van der Waals surface area contributed by atoms with Crippen LogP contribution in [0.25, 0.3) is 0 Å². The molecule has 118 valence electrons. The first kappa shape index (κ1) is 16.1. The van der Waals surface area contributed by atoms with Crippen LogP contribution in [-0.4, -0.2) is 11.9 Å². The molecule has 1 fully saturated rings. The summed E-state index contributed by atoms with van der Waals surface area (Å²) in [4.78, 5) is 12.2. The van der Waals surface area contributed by atoms with Crippen molar-refractivity contribution >= 4 is 5.91 Å². The molecule has 0 aromatic carbocycles. The summed E-state index contributed by atoms with van der Waals surface area (Å²) in [5, 5.41) is 3.17. The standard InChI is InChI=1S/C18H29NO2/c1-15-13-14-17(21-15)18(20)19-16-11-9-7-5-3-2-4-6-8-10-12-16/h13-14,16H,2-12H2,1H3,(H,19,20). The zero-order chi connectivity index (χ0) is 14.9. The van der Waals surface area contributed by atoms with E-state index < -0.39 is 0 Å². The summed E-state index contributed by atoms with van der Waals surface area (Å²) in [5.74, 6) is 1.18. The van der Waals surface area contributed by atoms with Gasteiger partial charge in [-0.2, -0.15) is 0 Å². The van der Waals surface area contributed by atoms with Gasteiger partial charge in [0.15, 0.2) is 5.76 Å². The summed E-state index contributed by atoms with van der Waals surface area (Å²) >= 11 is 0. The Bertz CT molecular complexity index is 413. The minimum atomic E-state index is -0.0554. The molecule has 2 rings (SSSR count). The third-order valence-corrected chi connectivity index (χ3v) is 4.40. The van der Waals surface area contributed by atoms with E-state index in [2.05, 4.69) is 5.32 Å². The van der Waals surface area contributed by atoms with Gasteiger partial charge in [-0.25, -0.2) is 0 Å². The van der Waals surface area contributed by atoms with E-state index >= 15 is 0 Å². The number of hydrogen-bond donors (Lipinski definition) is 1. The van der Waals surface area contributed by atoms with Gasteiger partial charge >= 0.3 is 0 Å². The maximum Gasteiger partial charge on any atom is 0.287 e. The van der Waals surface area contributed by atoms with Crippen molar-refractivity contribution in [3.8, 4) is 0 Å². The predicted octanol–water partition coefficient (Wildman–Crippen LogP) is 4.99. The van der Waals surface area contributed by atoms with Crippen LogP contribution in [0.15, 0.2) is 16.5 Å². The molecular weight excluding hydrogens is 262 g/mol. The molecule has 1 saturated carbocycles. The van der Waals surface area contributed by atoms with Gasteiger partial charge in [0.1, 0.15) is 5.76 Å². The van der Waals surface area contributed by atoms with E-state index in [-0.39, 0.29) is 5.91 Å². The van der Waals surface area contributed by atoms with E-state index in [4.69, 9.17) is 4.42 Å². The smallest absolute Gasteiger partial charge is 0.287 e. The molecule has 0 atom stereocenters. The van der Waals surface area contributed by atoms with Crippen molar-refractivity contribution in [3.63, 3.8) is 0 Å². The summed E-state index contributed by atoms with van der Waals surface area (Å²) in [7, 11) is 0. The van der Waals surface area contributed by atoms with E-state index in [1.165, 1.54) is 57.8 Å². The van der Waals surface area contributed by atoms with Crippen molar-refractivity contribution in [2.45, 2.75) is 83.6 Å². The van der Waals surface area contributed by atoms with Crippen molar-refractivity contribution in [2.24, 2.45) is 0 Å². The van der Waals surface area contributed by atoms with Gasteiger partial charge in [-0.15, -0.1) is 0 Å². The normalized spacial score (nSPS) is 19.5. The number of aryl methyl sites for hydroxylation is 1. The molecule has 3 heteroatoms. The van der Waals surface area contributed by atoms with Gasteiger partial charge in [-0.05, 0) is 31.9 Å². The van der Waals surface area contributed by atoms with Crippen molar-refractivity contribution in [2.75, 3.05) is 0 Å². The molecule has 1 N–H and O–H groups in total. The average molecular weight is 291 g/mol. The third-order valence-electron chi connectivity index (χ3n) is 4.40. The van der Waals surface area contributed by atoms with Crippen LogP contribution in [0.4, 0.5) is 0 Å². The van der Waals surface area contributed by atoms with Crippen LogP contribution in [0.1, 0.15) is 86.9 Å². The second kappa shape index (κ2) is 8.91. The molecule has 3 nitrogen and oxygen atoms in total. The second-order valence-corrected chi connectivity index (χ2v) is 6.34. The lowest BCUT2D eigenvalue weighted by Crippen LogP contribution is -2.34. The molecule has 0 aliphatic heterocycles. The number of amides is 1. The van der Waals surface area contributed by atoms with E-state index in [9.17, 15) is 4.79 Å². The summed E-state index contributed by atoms with van der Waals surface area (Å²) in [6.07, 6.45) is 14.1. The summed E-state index contributed by atoms with van der Waals surface area (Å²) in [6, 6.07) is 3.91. The van der Waals surface area contributed by atoms with Crippen LogP contribution in [0.5, 0.6) is 0 Å². The lowest BCUT2D eigenvalue weighted by molar-refractivity contribution is 0.0902. The zero-order valence-electron chi connectivity index (χ0n) is 13.3. The van der Waals surface area contributed by atoms with E-state index in [1.807, 2.05) is 13.0 Å². The lowest BCUT2D eigenvalue weighted by Gasteiger charge is -2.19. The first-order valence-corrected chi connectivity index (χ1v) is 8.63. The van der Waals surface area contributed by atoms with Crippen LogP contribution in [0.3, 0.4) is 0 Å².